The second kappa shape index (κ2) is 5.41. The lowest BCUT2D eigenvalue weighted by Gasteiger charge is -2.14. The van der Waals surface area contributed by atoms with E-state index in [2.05, 4.69) is 0 Å². The number of carbonyl (C=O) groups excluding carboxylic acids is 1. The summed E-state index contributed by atoms with van der Waals surface area (Å²) in [5.74, 6) is 1.21. The minimum atomic E-state index is -0.0985. The van der Waals surface area contributed by atoms with E-state index in [-0.39, 0.29) is 18.4 Å². The molecule has 2 heterocycles. The summed E-state index contributed by atoms with van der Waals surface area (Å²) in [6.07, 6.45) is 0.843. The third-order valence-electron chi connectivity index (χ3n) is 4.17. The first kappa shape index (κ1) is 13.9. The maximum absolute atomic E-state index is 12.6. The van der Waals surface area contributed by atoms with Gasteiger partial charge in [0.1, 0.15) is 11.3 Å². The Morgan fingerprint density at radius 2 is 2.33 bits per heavy atom. The molecule has 0 saturated carbocycles. The molecule has 1 N–H and O–H groups in total. The smallest absolute Gasteiger partial charge is 0.289 e. The fraction of sp³-hybridized carbons (Fsp3) is 0.438. The number of amides is 1. The van der Waals surface area contributed by atoms with E-state index in [1.54, 1.807) is 12.0 Å². The van der Waals surface area contributed by atoms with Gasteiger partial charge in [0.25, 0.3) is 5.91 Å². The van der Waals surface area contributed by atoms with Crippen molar-refractivity contribution >= 4 is 16.9 Å². The lowest BCUT2D eigenvalue weighted by atomic mass is 10.1. The number of likely N-dealkylation sites (tertiary alicyclic amines) is 1. The number of nitrogens with zero attached hydrogens (tertiary/aromatic N) is 1. The molecule has 1 saturated heterocycles. The molecule has 5 nitrogen and oxygen atoms in total. The molecule has 1 aromatic heterocycles. The van der Waals surface area contributed by atoms with Gasteiger partial charge in [-0.1, -0.05) is 0 Å². The summed E-state index contributed by atoms with van der Waals surface area (Å²) in [7, 11) is 1.61. The largest absolute Gasteiger partial charge is 0.497 e. The minimum absolute atomic E-state index is 0.0985. The molecule has 0 radical (unpaired) electrons. The van der Waals surface area contributed by atoms with Gasteiger partial charge in [-0.3, -0.25) is 4.79 Å². The van der Waals surface area contributed by atoms with E-state index < -0.39 is 0 Å². The molecule has 21 heavy (non-hydrogen) atoms. The maximum atomic E-state index is 12.6. The van der Waals surface area contributed by atoms with Gasteiger partial charge in [-0.25, -0.2) is 0 Å². The summed E-state index contributed by atoms with van der Waals surface area (Å²) in [6.45, 7) is 3.28. The number of aliphatic hydroxyl groups excluding tert-OH is 1. The monoisotopic (exact) mass is 289 g/mol. The molecule has 0 bridgehead atoms. The van der Waals surface area contributed by atoms with Gasteiger partial charge in [0.15, 0.2) is 5.76 Å². The number of furan rings is 1. The van der Waals surface area contributed by atoms with Gasteiger partial charge in [-0.15, -0.1) is 0 Å². The molecule has 1 fully saturated rings. The van der Waals surface area contributed by atoms with Crippen LogP contribution in [0.3, 0.4) is 0 Å². The molecule has 1 atom stereocenters. The summed E-state index contributed by atoms with van der Waals surface area (Å²) in [6, 6.07) is 5.51. The average Bonchev–Trinajstić information content (AvgIpc) is 3.11. The lowest BCUT2D eigenvalue weighted by molar-refractivity contribution is 0.0751. The Hall–Kier alpha value is -2.01. The number of ether oxygens (including phenoxy) is 1. The van der Waals surface area contributed by atoms with Gasteiger partial charge in [0, 0.05) is 36.6 Å². The highest BCUT2D eigenvalue weighted by atomic mass is 16.5. The molecule has 0 spiro atoms. The van der Waals surface area contributed by atoms with Crippen molar-refractivity contribution in [2.24, 2.45) is 5.92 Å². The van der Waals surface area contributed by atoms with Crippen LogP contribution in [-0.2, 0) is 0 Å². The van der Waals surface area contributed by atoms with Crippen LogP contribution in [0.25, 0.3) is 11.0 Å². The third kappa shape index (κ3) is 2.38. The van der Waals surface area contributed by atoms with Crippen molar-refractivity contribution in [2.45, 2.75) is 13.3 Å². The van der Waals surface area contributed by atoms with E-state index in [0.29, 0.717) is 24.4 Å². The fourth-order valence-corrected chi connectivity index (χ4v) is 2.84. The number of methoxy groups -OCH3 is 1. The van der Waals surface area contributed by atoms with E-state index in [9.17, 15) is 9.90 Å². The number of benzene rings is 1. The van der Waals surface area contributed by atoms with Gasteiger partial charge in [-0.2, -0.15) is 0 Å². The Morgan fingerprint density at radius 1 is 1.52 bits per heavy atom. The zero-order chi connectivity index (χ0) is 15.0. The molecule has 1 aliphatic heterocycles. The topological polar surface area (TPSA) is 62.9 Å². The van der Waals surface area contributed by atoms with Crippen LogP contribution in [0.2, 0.25) is 0 Å². The Kier molecular flexibility index (Phi) is 3.59. The molecule has 1 unspecified atom stereocenters. The Balaban J connectivity index is 1.93. The summed E-state index contributed by atoms with van der Waals surface area (Å²) in [5, 5.41) is 10.1. The van der Waals surface area contributed by atoms with E-state index in [4.69, 9.17) is 9.15 Å². The molecule has 3 rings (SSSR count). The molecule has 1 aromatic carbocycles. The molecule has 2 aromatic rings. The molecule has 5 heteroatoms. The van der Waals surface area contributed by atoms with E-state index in [0.717, 1.165) is 23.1 Å². The Labute approximate surface area is 123 Å². The van der Waals surface area contributed by atoms with Gasteiger partial charge in [-0.05, 0) is 31.5 Å². The molecule has 1 amide bonds. The van der Waals surface area contributed by atoms with Crippen LogP contribution in [0.15, 0.2) is 22.6 Å². The van der Waals surface area contributed by atoms with Crippen molar-refractivity contribution in [1.82, 2.24) is 4.90 Å². The molecule has 112 valence electrons. The first-order valence-corrected chi connectivity index (χ1v) is 7.11. The van der Waals surface area contributed by atoms with Gasteiger partial charge < -0.3 is 19.2 Å². The van der Waals surface area contributed by atoms with Crippen molar-refractivity contribution in [3.05, 3.63) is 29.5 Å². The maximum Gasteiger partial charge on any atom is 0.289 e. The zero-order valence-corrected chi connectivity index (χ0v) is 12.3. The van der Waals surface area contributed by atoms with Crippen molar-refractivity contribution in [1.29, 1.82) is 0 Å². The summed E-state index contributed by atoms with van der Waals surface area (Å²) < 4.78 is 10.9. The Bertz CT molecular complexity index is 676. The molecule has 1 aliphatic rings. The molecular weight excluding hydrogens is 270 g/mol. The summed E-state index contributed by atoms with van der Waals surface area (Å²) in [5.41, 5.74) is 1.52. The van der Waals surface area contributed by atoms with Crippen LogP contribution in [0.4, 0.5) is 0 Å². The minimum Gasteiger partial charge on any atom is -0.497 e. The average molecular weight is 289 g/mol. The van der Waals surface area contributed by atoms with Crippen LogP contribution < -0.4 is 4.74 Å². The van der Waals surface area contributed by atoms with E-state index >= 15 is 0 Å². The first-order chi connectivity index (χ1) is 10.1. The standard InChI is InChI=1S/C16H19NO4/c1-10-13-7-12(20-2)3-4-14(13)21-15(10)16(19)17-6-5-11(8-17)9-18/h3-4,7,11,18H,5-6,8-9H2,1-2H3. The van der Waals surface area contributed by atoms with Crippen molar-refractivity contribution in [3.63, 3.8) is 0 Å². The van der Waals surface area contributed by atoms with Gasteiger partial charge in [0.05, 0.1) is 7.11 Å². The predicted molar refractivity (Wildman–Crippen MR) is 78.6 cm³/mol. The van der Waals surface area contributed by atoms with Crippen LogP contribution in [0.1, 0.15) is 22.5 Å². The normalized spacial score (nSPS) is 18.4. The quantitative estimate of drug-likeness (QED) is 0.941. The number of hydrogen-bond acceptors (Lipinski definition) is 4. The van der Waals surface area contributed by atoms with Crippen LogP contribution >= 0.6 is 0 Å². The van der Waals surface area contributed by atoms with E-state index in [1.807, 2.05) is 25.1 Å². The highest BCUT2D eigenvalue weighted by molar-refractivity contribution is 5.99. The molecule has 0 aliphatic carbocycles. The molecular formula is C16H19NO4. The highest BCUT2D eigenvalue weighted by Crippen LogP contribution is 2.30. The van der Waals surface area contributed by atoms with Crippen LogP contribution in [0, 0.1) is 12.8 Å². The number of rotatable bonds is 3. The van der Waals surface area contributed by atoms with Gasteiger partial charge >= 0.3 is 0 Å². The van der Waals surface area contributed by atoms with E-state index in [1.165, 1.54) is 0 Å². The lowest BCUT2D eigenvalue weighted by Crippen LogP contribution is -2.29. The Morgan fingerprint density at radius 3 is 3.00 bits per heavy atom. The number of aryl methyl sites for hydroxylation is 1. The zero-order valence-electron chi connectivity index (χ0n) is 12.3. The fourth-order valence-electron chi connectivity index (χ4n) is 2.84. The van der Waals surface area contributed by atoms with Crippen molar-refractivity contribution in [2.75, 3.05) is 26.8 Å². The highest BCUT2D eigenvalue weighted by Gasteiger charge is 2.29. The SMILES string of the molecule is COc1ccc2oc(C(=O)N3CCC(CO)C3)c(C)c2c1. The van der Waals surface area contributed by atoms with Crippen LogP contribution in [0.5, 0.6) is 5.75 Å². The van der Waals surface area contributed by atoms with Crippen molar-refractivity contribution in [3.8, 4) is 5.75 Å². The summed E-state index contributed by atoms with van der Waals surface area (Å²) in [4.78, 5) is 14.3. The predicted octanol–water partition coefficient (Wildman–Crippen LogP) is 2.20. The number of aliphatic hydroxyl groups is 1. The number of carbonyl (C=O) groups is 1. The number of fused-ring (bicyclic) bond motifs is 1. The third-order valence-corrected chi connectivity index (χ3v) is 4.17. The summed E-state index contributed by atoms with van der Waals surface area (Å²) >= 11 is 0. The first-order valence-electron chi connectivity index (χ1n) is 7.11. The number of hydrogen-bond donors (Lipinski definition) is 1. The second-order valence-corrected chi connectivity index (χ2v) is 5.51. The van der Waals surface area contributed by atoms with Crippen molar-refractivity contribution < 1.29 is 19.1 Å². The second-order valence-electron chi connectivity index (χ2n) is 5.51. The van der Waals surface area contributed by atoms with Gasteiger partial charge in [0.2, 0.25) is 0 Å². The van der Waals surface area contributed by atoms with Crippen LogP contribution in [-0.4, -0.2) is 42.7 Å².